The first kappa shape index (κ1) is 21.3. The van der Waals surface area contributed by atoms with Crippen LogP contribution in [0.2, 0.25) is 5.02 Å². The number of morpholine rings is 1. The monoisotopic (exact) mass is 462 g/mol. The van der Waals surface area contributed by atoms with E-state index < -0.39 is 15.9 Å². The van der Waals surface area contributed by atoms with Crippen molar-refractivity contribution in [2.24, 2.45) is 0 Å². The quantitative estimate of drug-likeness (QED) is 0.581. The third-order valence-corrected chi connectivity index (χ3v) is 6.67. The Kier molecular flexibility index (Phi) is 6.23. The van der Waals surface area contributed by atoms with E-state index in [-0.39, 0.29) is 23.7 Å². The fourth-order valence-corrected chi connectivity index (χ4v) is 4.46. The zero-order valence-electron chi connectivity index (χ0n) is 16.2. The second kappa shape index (κ2) is 9.06. The van der Waals surface area contributed by atoms with E-state index in [2.05, 4.69) is 15.3 Å². The molecule has 1 aliphatic heterocycles. The van der Waals surface area contributed by atoms with Crippen molar-refractivity contribution in [1.29, 1.82) is 0 Å². The number of amides is 1. The first-order valence-corrected chi connectivity index (χ1v) is 11.2. The molecule has 11 heteroatoms. The highest BCUT2D eigenvalue weighted by Gasteiger charge is 2.28. The van der Waals surface area contributed by atoms with Crippen LogP contribution in [0.3, 0.4) is 0 Å². The Balaban J connectivity index is 1.40. The van der Waals surface area contributed by atoms with E-state index in [1.165, 1.54) is 22.8 Å². The number of pyridine rings is 1. The van der Waals surface area contributed by atoms with E-state index in [0.717, 1.165) is 0 Å². The fraction of sp³-hybridized carbons (Fsp3) is 0.200. The molecule has 3 heterocycles. The topological polar surface area (TPSA) is 114 Å². The number of aromatic amines is 1. The molecule has 0 bridgehead atoms. The molecule has 1 fully saturated rings. The number of rotatable bonds is 6. The number of nitrogens with zero attached hydrogens (tertiary/aromatic N) is 2. The molecular weight excluding hydrogens is 444 g/mol. The summed E-state index contributed by atoms with van der Waals surface area (Å²) >= 11 is 5.85. The van der Waals surface area contributed by atoms with E-state index in [4.69, 9.17) is 21.1 Å². The van der Waals surface area contributed by atoms with Crippen molar-refractivity contribution < 1.29 is 22.7 Å². The van der Waals surface area contributed by atoms with E-state index >= 15 is 0 Å². The van der Waals surface area contributed by atoms with E-state index in [1.807, 2.05) is 0 Å². The van der Waals surface area contributed by atoms with Crippen molar-refractivity contribution in [1.82, 2.24) is 14.3 Å². The number of sulfonamides is 1. The molecule has 1 aliphatic rings. The van der Waals surface area contributed by atoms with Gasteiger partial charge in [-0.3, -0.25) is 4.79 Å². The number of hydrogen-bond acceptors (Lipinski definition) is 6. The number of ether oxygens (including phenoxy) is 2. The molecule has 3 aromatic rings. The maximum absolute atomic E-state index is 12.7. The van der Waals surface area contributed by atoms with Crippen LogP contribution in [0.15, 0.2) is 59.8 Å². The molecule has 0 spiro atoms. The molecule has 2 N–H and O–H groups in total. The van der Waals surface area contributed by atoms with Crippen LogP contribution in [0, 0.1) is 0 Å². The van der Waals surface area contributed by atoms with Gasteiger partial charge in [0.05, 0.1) is 25.1 Å². The molecule has 0 atom stereocenters. The highest BCUT2D eigenvalue weighted by atomic mass is 35.5. The molecule has 0 aliphatic carbocycles. The van der Waals surface area contributed by atoms with Gasteiger partial charge in [-0.05, 0) is 36.4 Å². The van der Waals surface area contributed by atoms with Crippen molar-refractivity contribution in [3.8, 4) is 11.6 Å². The van der Waals surface area contributed by atoms with Crippen molar-refractivity contribution >= 4 is 33.2 Å². The minimum atomic E-state index is -3.68. The van der Waals surface area contributed by atoms with Crippen molar-refractivity contribution in [2.45, 2.75) is 4.90 Å². The van der Waals surface area contributed by atoms with Crippen LogP contribution in [0.4, 0.5) is 5.69 Å². The average molecular weight is 463 g/mol. The average Bonchev–Trinajstić information content (AvgIpc) is 3.29. The number of aromatic nitrogens is 2. The molecule has 1 saturated heterocycles. The molecule has 1 aromatic carbocycles. The van der Waals surface area contributed by atoms with Gasteiger partial charge >= 0.3 is 0 Å². The lowest BCUT2D eigenvalue weighted by atomic mass is 10.3. The largest absolute Gasteiger partial charge is 0.439 e. The number of H-pyrrole nitrogens is 1. The van der Waals surface area contributed by atoms with Crippen LogP contribution in [0.5, 0.6) is 11.6 Å². The zero-order valence-corrected chi connectivity index (χ0v) is 17.8. The van der Waals surface area contributed by atoms with Crippen LogP contribution < -0.4 is 10.1 Å². The molecule has 1 amide bonds. The predicted octanol–water partition coefficient (Wildman–Crippen LogP) is 3.13. The molecule has 162 valence electrons. The summed E-state index contributed by atoms with van der Waals surface area (Å²) in [5, 5.41) is 3.27. The van der Waals surface area contributed by atoms with Gasteiger partial charge in [-0.15, -0.1) is 0 Å². The summed E-state index contributed by atoms with van der Waals surface area (Å²) in [6.45, 7) is 1.26. The Labute approximate surface area is 184 Å². The number of halogens is 1. The van der Waals surface area contributed by atoms with E-state index in [1.54, 1.807) is 36.4 Å². The summed E-state index contributed by atoms with van der Waals surface area (Å²) in [7, 11) is -3.68. The van der Waals surface area contributed by atoms with Crippen molar-refractivity contribution in [3.05, 3.63) is 65.6 Å². The summed E-state index contributed by atoms with van der Waals surface area (Å²) in [6, 6.07) is 11.4. The van der Waals surface area contributed by atoms with Crippen LogP contribution in [-0.2, 0) is 14.8 Å². The minimum Gasteiger partial charge on any atom is -0.439 e. The zero-order chi connectivity index (χ0) is 21.8. The smallest absolute Gasteiger partial charge is 0.272 e. The molecule has 4 rings (SSSR count). The Bertz CT molecular complexity index is 1160. The number of hydrogen-bond donors (Lipinski definition) is 2. The molecule has 0 unspecified atom stereocenters. The number of benzene rings is 1. The number of carbonyl (C=O) groups is 1. The molecule has 0 radical (unpaired) electrons. The Morgan fingerprint density at radius 2 is 1.90 bits per heavy atom. The van der Waals surface area contributed by atoms with Gasteiger partial charge < -0.3 is 19.8 Å². The van der Waals surface area contributed by atoms with E-state index in [0.29, 0.717) is 35.6 Å². The number of nitrogens with one attached hydrogen (secondary N) is 2. The van der Waals surface area contributed by atoms with Gasteiger partial charge in [0.1, 0.15) is 16.3 Å². The van der Waals surface area contributed by atoms with E-state index in [9.17, 15) is 13.2 Å². The highest BCUT2D eigenvalue weighted by Crippen LogP contribution is 2.23. The molecule has 31 heavy (non-hydrogen) atoms. The summed E-state index contributed by atoms with van der Waals surface area (Å²) in [4.78, 5) is 19.4. The summed E-state index contributed by atoms with van der Waals surface area (Å²) in [5.74, 6) is 0.435. The Morgan fingerprint density at radius 1 is 1.16 bits per heavy atom. The lowest BCUT2D eigenvalue weighted by Crippen LogP contribution is -2.40. The molecule has 0 saturated carbocycles. The lowest BCUT2D eigenvalue weighted by Gasteiger charge is -2.25. The third kappa shape index (κ3) is 5.05. The lowest BCUT2D eigenvalue weighted by molar-refractivity contribution is 0.0730. The standard InChI is InChI=1S/C20H19ClN4O5S/c21-14-1-4-16(5-2-14)30-19-6-3-15(12-23-19)24-20(26)18-11-17(13-22-18)31(27,28)25-7-9-29-10-8-25/h1-6,11-13,22H,7-10H2,(H,24,26). The van der Waals surface area contributed by atoms with Crippen LogP contribution in [0.1, 0.15) is 10.5 Å². The van der Waals surface area contributed by atoms with Crippen LogP contribution in [-0.4, -0.2) is 54.9 Å². The maximum atomic E-state index is 12.7. The van der Waals surface area contributed by atoms with Crippen LogP contribution in [0.25, 0.3) is 0 Å². The summed E-state index contributed by atoms with van der Waals surface area (Å²) in [5.41, 5.74) is 0.550. The van der Waals surface area contributed by atoms with Gasteiger partial charge in [0, 0.05) is 30.4 Å². The molecule has 2 aromatic heterocycles. The SMILES string of the molecule is O=C(Nc1ccc(Oc2ccc(Cl)cc2)nc1)c1cc(S(=O)(=O)N2CCOCC2)c[nH]1. The number of carbonyl (C=O) groups excluding carboxylic acids is 1. The Hall–Kier alpha value is -2.92. The van der Waals surface area contributed by atoms with Gasteiger partial charge in [-0.25, -0.2) is 13.4 Å². The predicted molar refractivity (Wildman–Crippen MR) is 114 cm³/mol. The van der Waals surface area contributed by atoms with Crippen molar-refractivity contribution in [3.63, 3.8) is 0 Å². The van der Waals surface area contributed by atoms with Gasteiger partial charge in [-0.1, -0.05) is 11.6 Å². The summed E-state index contributed by atoms with van der Waals surface area (Å²) < 4.78 is 37.5. The summed E-state index contributed by atoms with van der Waals surface area (Å²) in [6.07, 6.45) is 2.75. The minimum absolute atomic E-state index is 0.0318. The molecular formula is C20H19ClN4O5S. The maximum Gasteiger partial charge on any atom is 0.272 e. The van der Waals surface area contributed by atoms with Gasteiger partial charge in [0.15, 0.2) is 0 Å². The van der Waals surface area contributed by atoms with Gasteiger partial charge in [-0.2, -0.15) is 4.31 Å². The third-order valence-electron chi connectivity index (χ3n) is 4.54. The van der Waals surface area contributed by atoms with Crippen molar-refractivity contribution in [2.75, 3.05) is 31.6 Å². The Morgan fingerprint density at radius 3 is 2.58 bits per heavy atom. The second-order valence-electron chi connectivity index (χ2n) is 6.66. The number of anilines is 1. The fourth-order valence-electron chi connectivity index (χ4n) is 2.93. The first-order valence-electron chi connectivity index (χ1n) is 9.39. The highest BCUT2D eigenvalue weighted by molar-refractivity contribution is 7.89. The molecule has 9 nitrogen and oxygen atoms in total. The van der Waals surface area contributed by atoms with Gasteiger partial charge in [0.2, 0.25) is 15.9 Å². The van der Waals surface area contributed by atoms with Crippen LogP contribution >= 0.6 is 11.6 Å². The second-order valence-corrected chi connectivity index (χ2v) is 9.04. The normalized spacial score (nSPS) is 14.9. The first-order chi connectivity index (χ1) is 14.9. The van der Waals surface area contributed by atoms with Gasteiger partial charge in [0.25, 0.3) is 5.91 Å².